The largest absolute Gasteiger partial charge is 0.306 e. The first-order valence-corrected chi connectivity index (χ1v) is 8.06. The Morgan fingerprint density at radius 1 is 0.542 bits per heavy atom. The van der Waals surface area contributed by atoms with Crippen molar-refractivity contribution in [3.8, 4) is 0 Å². The third-order valence-electron chi connectivity index (χ3n) is 3.54. The highest BCUT2D eigenvalue weighted by molar-refractivity contribution is 5.12. The molecule has 24 heavy (non-hydrogen) atoms. The molecule has 0 radical (unpaired) electrons. The zero-order valence-corrected chi connectivity index (χ0v) is 13.5. The Bertz CT molecular complexity index is 670. The lowest BCUT2D eigenvalue weighted by molar-refractivity contribution is 0.644. The molecular formula is C19H21N5. The van der Waals surface area contributed by atoms with Crippen LogP contribution < -0.4 is 10.6 Å². The van der Waals surface area contributed by atoms with Gasteiger partial charge in [-0.2, -0.15) is 0 Å². The minimum Gasteiger partial charge on any atom is -0.306 e. The molecule has 122 valence electrons. The van der Waals surface area contributed by atoms with Crippen molar-refractivity contribution >= 4 is 0 Å². The first kappa shape index (κ1) is 16.2. The molecule has 0 saturated heterocycles. The number of hydrogen-bond donors (Lipinski definition) is 2. The van der Waals surface area contributed by atoms with Gasteiger partial charge in [0.25, 0.3) is 0 Å². The van der Waals surface area contributed by atoms with Crippen molar-refractivity contribution in [1.82, 2.24) is 25.6 Å². The summed E-state index contributed by atoms with van der Waals surface area (Å²) in [6.45, 7) is 2.94. The molecule has 3 heterocycles. The van der Waals surface area contributed by atoms with E-state index in [-0.39, 0.29) is 0 Å². The van der Waals surface area contributed by atoms with Crippen LogP contribution in [0.4, 0.5) is 0 Å². The second-order valence-corrected chi connectivity index (χ2v) is 5.47. The predicted molar refractivity (Wildman–Crippen MR) is 93.8 cm³/mol. The lowest BCUT2D eigenvalue weighted by Crippen LogP contribution is -2.17. The molecule has 0 spiro atoms. The summed E-state index contributed by atoms with van der Waals surface area (Å²) in [6, 6.07) is 18.0. The molecule has 0 amide bonds. The van der Waals surface area contributed by atoms with Crippen molar-refractivity contribution < 1.29 is 0 Å². The van der Waals surface area contributed by atoms with E-state index >= 15 is 0 Å². The van der Waals surface area contributed by atoms with Gasteiger partial charge in [0.1, 0.15) is 0 Å². The third-order valence-corrected chi connectivity index (χ3v) is 3.54. The van der Waals surface area contributed by atoms with Crippen LogP contribution in [0, 0.1) is 0 Å². The van der Waals surface area contributed by atoms with Crippen molar-refractivity contribution in [2.24, 2.45) is 0 Å². The molecule has 0 aliphatic carbocycles. The lowest BCUT2D eigenvalue weighted by atomic mass is 10.2. The van der Waals surface area contributed by atoms with Crippen LogP contribution in [0.25, 0.3) is 0 Å². The van der Waals surface area contributed by atoms with Gasteiger partial charge < -0.3 is 10.6 Å². The maximum Gasteiger partial charge on any atom is 0.0545 e. The predicted octanol–water partition coefficient (Wildman–Crippen LogP) is 2.45. The van der Waals surface area contributed by atoms with E-state index < -0.39 is 0 Å². The Morgan fingerprint density at radius 2 is 1.00 bits per heavy atom. The number of rotatable bonds is 8. The Balaban J connectivity index is 1.45. The SMILES string of the molecule is c1ccc(CNCc2cccc(CNCc3ccccn3)n2)nc1. The van der Waals surface area contributed by atoms with Crippen LogP contribution in [0.1, 0.15) is 22.8 Å². The average molecular weight is 319 g/mol. The van der Waals surface area contributed by atoms with Crippen LogP contribution in [0.3, 0.4) is 0 Å². The molecule has 0 aromatic carbocycles. The van der Waals surface area contributed by atoms with Gasteiger partial charge in [0.15, 0.2) is 0 Å². The molecule has 0 aliphatic rings. The lowest BCUT2D eigenvalue weighted by Gasteiger charge is -2.07. The van der Waals surface area contributed by atoms with Crippen molar-refractivity contribution in [1.29, 1.82) is 0 Å². The van der Waals surface area contributed by atoms with Gasteiger partial charge in [-0.15, -0.1) is 0 Å². The quantitative estimate of drug-likeness (QED) is 0.668. The van der Waals surface area contributed by atoms with E-state index in [2.05, 4.69) is 25.6 Å². The maximum absolute atomic E-state index is 4.67. The van der Waals surface area contributed by atoms with E-state index in [9.17, 15) is 0 Å². The number of nitrogens with one attached hydrogen (secondary N) is 2. The molecule has 5 heteroatoms. The second kappa shape index (κ2) is 8.86. The van der Waals surface area contributed by atoms with Gasteiger partial charge in [-0.05, 0) is 36.4 Å². The van der Waals surface area contributed by atoms with Gasteiger partial charge >= 0.3 is 0 Å². The molecule has 3 rings (SSSR count). The monoisotopic (exact) mass is 319 g/mol. The fourth-order valence-corrected chi connectivity index (χ4v) is 2.37. The summed E-state index contributed by atoms with van der Waals surface area (Å²) in [5, 5.41) is 6.74. The van der Waals surface area contributed by atoms with Crippen molar-refractivity contribution in [2.45, 2.75) is 26.2 Å². The van der Waals surface area contributed by atoms with E-state index in [4.69, 9.17) is 0 Å². The zero-order valence-electron chi connectivity index (χ0n) is 13.5. The first-order chi connectivity index (χ1) is 11.9. The van der Waals surface area contributed by atoms with Crippen LogP contribution >= 0.6 is 0 Å². The molecule has 0 atom stereocenters. The molecule has 0 unspecified atom stereocenters. The maximum atomic E-state index is 4.67. The van der Waals surface area contributed by atoms with E-state index in [0.29, 0.717) is 0 Å². The molecule has 5 nitrogen and oxygen atoms in total. The highest BCUT2D eigenvalue weighted by atomic mass is 14.9. The highest BCUT2D eigenvalue weighted by Crippen LogP contribution is 2.01. The van der Waals surface area contributed by atoms with Crippen LogP contribution in [-0.4, -0.2) is 15.0 Å². The van der Waals surface area contributed by atoms with E-state index in [1.54, 1.807) is 0 Å². The first-order valence-electron chi connectivity index (χ1n) is 8.06. The second-order valence-electron chi connectivity index (χ2n) is 5.47. The Hall–Kier alpha value is -2.63. The normalized spacial score (nSPS) is 10.7. The third kappa shape index (κ3) is 5.22. The Kier molecular flexibility index (Phi) is 5.99. The van der Waals surface area contributed by atoms with Gasteiger partial charge in [-0.3, -0.25) is 15.0 Å². The minimum absolute atomic E-state index is 0.727. The van der Waals surface area contributed by atoms with Gasteiger partial charge in [-0.25, -0.2) is 0 Å². The van der Waals surface area contributed by atoms with E-state index in [1.165, 1.54) is 0 Å². The molecule has 3 aromatic rings. The topological polar surface area (TPSA) is 62.7 Å². The summed E-state index contributed by atoms with van der Waals surface area (Å²) in [6.07, 6.45) is 3.62. The van der Waals surface area contributed by atoms with Gasteiger partial charge in [0, 0.05) is 38.6 Å². The smallest absolute Gasteiger partial charge is 0.0545 e. The van der Waals surface area contributed by atoms with Crippen LogP contribution in [0.2, 0.25) is 0 Å². The molecule has 0 fully saturated rings. The fourth-order valence-electron chi connectivity index (χ4n) is 2.37. The molecule has 0 bridgehead atoms. The standard InChI is InChI=1S/C19H21N5/c1-3-10-22-16(6-1)12-20-14-18-8-5-9-19(24-18)15-21-13-17-7-2-4-11-23-17/h1-11,20-21H,12-15H2. The minimum atomic E-state index is 0.727. The molecule has 2 N–H and O–H groups in total. The van der Waals surface area contributed by atoms with Crippen LogP contribution in [0.15, 0.2) is 67.0 Å². The summed E-state index contributed by atoms with van der Waals surface area (Å²) >= 11 is 0. The average Bonchev–Trinajstić information content (AvgIpc) is 2.64. The number of aromatic nitrogens is 3. The van der Waals surface area contributed by atoms with Crippen LogP contribution in [0.5, 0.6) is 0 Å². The van der Waals surface area contributed by atoms with Crippen molar-refractivity contribution in [3.05, 3.63) is 89.8 Å². The fraction of sp³-hybridized carbons (Fsp3) is 0.211. The Labute approximate surface area is 142 Å². The number of hydrogen-bond acceptors (Lipinski definition) is 5. The summed E-state index contributed by atoms with van der Waals surface area (Å²) in [5.74, 6) is 0. The summed E-state index contributed by atoms with van der Waals surface area (Å²) in [4.78, 5) is 13.3. The summed E-state index contributed by atoms with van der Waals surface area (Å²) in [7, 11) is 0. The van der Waals surface area contributed by atoms with Gasteiger partial charge in [0.2, 0.25) is 0 Å². The summed E-state index contributed by atoms with van der Waals surface area (Å²) < 4.78 is 0. The summed E-state index contributed by atoms with van der Waals surface area (Å²) in [5.41, 5.74) is 4.13. The Morgan fingerprint density at radius 3 is 1.46 bits per heavy atom. The molecule has 0 saturated carbocycles. The van der Waals surface area contributed by atoms with Crippen LogP contribution in [-0.2, 0) is 26.2 Å². The zero-order chi connectivity index (χ0) is 16.5. The van der Waals surface area contributed by atoms with E-state index in [1.807, 2.05) is 67.0 Å². The van der Waals surface area contributed by atoms with Gasteiger partial charge in [-0.1, -0.05) is 18.2 Å². The van der Waals surface area contributed by atoms with Crippen molar-refractivity contribution in [3.63, 3.8) is 0 Å². The number of pyridine rings is 3. The number of nitrogens with zero attached hydrogens (tertiary/aromatic N) is 3. The van der Waals surface area contributed by atoms with E-state index in [0.717, 1.165) is 49.0 Å². The molecular weight excluding hydrogens is 298 g/mol. The van der Waals surface area contributed by atoms with Crippen molar-refractivity contribution in [2.75, 3.05) is 0 Å². The molecule has 3 aromatic heterocycles. The highest BCUT2D eigenvalue weighted by Gasteiger charge is 2.00. The molecule has 0 aliphatic heterocycles. The van der Waals surface area contributed by atoms with Gasteiger partial charge in [0.05, 0.1) is 22.8 Å².